The Bertz CT molecular complexity index is 956. The van der Waals surface area contributed by atoms with Crippen molar-refractivity contribution in [3.05, 3.63) is 82.2 Å². The van der Waals surface area contributed by atoms with Crippen LogP contribution in [-0.4, -0.2) is 37.5 Å². The van der Waals surface area contributed by atoms with E-state index < -0.39 is 5.91 Å². The molecule has 1 aromatic heterocycles. The minimum atomic E-state index is -0.517. The van der Waals surface area contributed by atoms with E-state index in [-0.39, 0.29) is 16.6 Å². The van der Waals surface area contributed by atoms with Gasteiger partial charge in [0, 0.05) is 25.2 Å². The van der Waals surface area contributed by atoms with Crippen molar-refractivity contribution in [1.82, 2.24) is 9.63 Å². The average Bonchev–Trinajstić information content (AvgIpc) is 2.62. The second-order valence-corrected chi connectivity index (χ2v) is 5.69. The predicted octanol–water partition coefficient (Wildman–Crippen LogP) is 1.72. The first-order valence-corrected chi connectivity index (χ1v) is 7.86. The molecule has 0 saturated carbocycles. The molecule has 7 heteroatoms. The highest BCUT2D eigenvalue weighted by Gasteiger charge is 2.18. The molecule has 0 unspecified atom stereocenters. The van der Waals surface area contributed by atoms with Crippen molar-refractivity contribution in [3.63, 3.8) is 0 Å². The Balaban J connectivity index is 2.51. The summed E-state index contributed by atoms with van der Waals surface area (Å²) in [6, 6.07) is 7.09. The zero-order valence-electron chi connectivity index (χ0n) is 14.8. The van der Waals surface area contributed by atoms with Crippen molar-refractivity contribution in [2.45, 2.75) is 6.54 Å². The number of para-hydroxylation sites is 1. The third kappa shape index (κ3) is 4.31. The van der Waals surface area contributed by atoms with Gasteiger partial charge in [0.25, 0.3) is 5.91 Å². The molecule has 26 heavy (non-hydrogen) atoms. The summed E-state index contributed by atoms with van der Waals surface area (Å²) in [5, 5.41) is 1.46. The van der Waals surface area contributed by atoms with E-state index >= 15 is 0 Å². The van der Waals surface area contributed by atoms with Crippen LogP contribution in [0, 0.1) is 0 Å². The van der Waals surface area contributed by atoms with Crippen LogP contribution in [0.4, 0.5) is 0 Å². The smallest absolute Gasteiger partial charge is 0.282 e. The molecule has 2 N–H and O–H groups in total. The van der Waals surface area contributed by atoms with E-state index in [0.717, 1.165) is 10.6 Å². The Hall–Kier alpha value is -3.06. The van der Waals surface area contributed by atoms with Gasteiger partial charge in [0.05, 0.1) is 12.6 Å². The van der Waals surface area contributed by atoms with Gasteiger partial charge >= 0.3 is 0 Å². The topological polar surface area (TPSA) is 77.6 Å². The molecule has 0 spiro atoms. The number of pyridine rings is 1. The van der Waals surface area contributed by atoms with Crippen molar-refractivity contribution in [3.8, 4) is 0 Å². The number of nitrogens with two attached hydrogens (primary N) is 1. The van der Waals surface area contributed by atoms with Gasteiger partial charge < -0.3 is 10.3 Å². The van der Waals surface area contributed by atoms with Crippen LogP contribution < -0.4 is 11.2 Å². The highest BCUT2D eigenvalue weighted by atomic mass is 16.7. The fraction of sp³-hybridized carbons (Fsp3) is 0.158. The number of amides is 1. The largest absolute Gasteiger partial charge is 0.411 e. The number of rotatable bonds is 6. The third-order valence-corrected chi connectivity index (χ3v) is 3.77. The molecule has 0 aliphatic heterocycles. The highest BCUT2D eigenvalue weighted by Crippen LogP contribution is 2.14. The monoisotopic (exact) mass is 349 g/mol. The van der Waals surface area contributed by atoms with E-state index in [0.29, 0.717) is 17.4 Å². The molecule has 1 amide bonds. The fourth-order valence-corrected chi connectivity index (χ4v) is 2.45. The lowest BCUT2D eigenvalue weighted by Gasteiger charge is -2.17. The SMILES string of the molecule is [B]/C(N)=C/C=C\C(=C)Cn1cc(C(=O)N(C)OC)c(=O)c2ccccc21. The van der Waals surface area contributed by atoms with Crippen molar-refractivity contribution in [2.24, 2.45) is 5.73 Å². The van der Waals surface area contributed by atoms with Crippen LogP contribution in [0.2, 0.25) is 0 Å². The number of hydrogen-bond acceptors (Lipinski definition) is 4. The Kier molecular flexibility index (Phi) is 6.19. The maximum Gasteiger partial charge on any atom is 0.282 e. The van der Waals surface area contributed by atoms with Crippen LogP contribution in [0.3, 0.4) is 0 Å². The maximum absolute atomic E-state index is 12.7. The summed E-state index contributed by atoms with van der Waals surface area (Å²) < 4.78 is 1.80. The summed E-state index contributed by atoms with van der Waals surface area (Å²) in [7, 11) is 8.19. The van der Waals surface area contributed by atoms with Gasteiger partial charge in [-0.25, -0.2) is 5.06 Å². The summed E-state index contributed by atoms with van der Waals surface area (Å²) in [5.41, 5.74) is 6.71. The molecule has 0 saturated heterocycles. The van der Waals surface area contributed by atoms with Crippen LogP contribution in [0.5, 0.6) is 0 Å². The van der Waals surface area contributed by atoms with Gasteiger partial charge in [-0.15, -0.1) is 0 Å². The van der Waals surface area contributed by atoms with E-state index in [9.17, 15) is 9.59 Å². The minimum Gasteiger partial charge on any atom is -0.411 e. The van der Waals surface area contributed by atoms with Crippen molar-refractivity contribution < 1.29 is 9.63 Å². The normalized spacial score (nSPS) is 11.8. The molecule has 2 aromatic rings. The Labute approximate surface area is 153 Å². The van der Waals surface area contributed by atoms with Crippen LogP contribution >= 0.6 is 0 Å². The highest BCUT2D eigenvalue weighted by molar-refractivity contribution is 6.21. The van der Waals surface area contributed by atoms with Crippen LogP contribution in [0.25, 0.3) is 10.9 Å². The van der Waals surface area contributed by atoms with Crippen molar-refractivity contribution in [2.75, 3.05) is 14.2 Å². The second-order valence-electron chi connectivity index (χ2n) is 5.69. The van der Waals surface area contributed by atoms with Gasteiger partial charge in [0.15, 0.2) is 0 Å². The van der Waals surface area contributed by atoms with Gasteiger partial charge in [0.1, 0.15) is 13.4 Å². The van der Waals surface area contributed by atoms with Crippen LogP contribution in [0.15, 0.2) is 71.2 Å². The summed E-state index contributed by atoms with van der Waals surface area (Å²) in [5.74, 6) is -0.517. The molecular formula is C19H20BN3O3. The molecule has 1 heterocycles. The fourth-order valence-electron chi connectivity index (χ4n) is 2.45. The van der Waals surface area contributed by atoms with Crippen LogP contribution in [0.1, 0.15) is 10.4 Å². The van der Waals surface area contributed by atoms with Gasteiger partial charge in [-0.1, -0.05) is 36.9 Å². The lowest BCUT2D eigenvalue weighted by Crippen LogP contribution is -2.31. The van der Waals surface area contributed by atoms with Gasteiger partial charge in [0.2, 0.25) is 5.43 Å². The maximum atomic E-state index is 12.7. The van der Waals surface area contributed by atoms with E-state index in [2.05, 4.69) is 6.58 Å². The Morgan fingerprint density at radius 3 is 2.77 bits per heavy atom. The zero-order valence-corrected chi connectivity index (χ0v) is 14.8. The summed E-state index contributed by atoms with van der Waals surface area (Å²) in [6.45, 7) is 4.37. The molecule has 6 nitrogen and oxygen atoms in total. The van der Waals surface area contributed by atoms with E-state index in [4.69, 9.17) is 18.4 Å². The van der Waals surface area contributed by atoms with E-state index in [1.807, 2.05) is 12.1 Å². The molecule has 0 aliphatic carbocycles. The summed E-state index contributed by atoms with van der Waals surface area (Å²) >= 11 is 0. The number of fused-ring (bicyclic) bond motifs is 1. The number of carbonyl (C=O) groups excluding carboxylic acids is 1. The predicted molar refractivity (Wildman–Crippen MR) is 104 cm³/mol. The summed E-state index contributed by atoms with van der Waals surface area (Å²) in [6.07, 6.45) is 6.52. The zero-order chi connectivity index (χ0) is 19.3. The molecule has 2 rings (SSSR count). The number of carbonyl (C=O) groups is 1. The molecule has 0 aliphatic rings. The number of nitrogens with zero attached hydrogens (tertiary/aromatic N) is 2. The Morgan fingerprint density at radius 1 is 1.42 bits per heavy atom. The molecule has 1 aromatic carbocycles. The second kappa shape index (κ2) is 8.35. The van der Waals surface area contributed by atoms with Gasteiger partial charge in [-0.2, -0.15) is 0 Å². The number of aromatic nitrogens is 1. The number of benzene rings is 1. The average molecular weight is 349 g/mol. The molecule has 0 fully saturated rings. The van der Waals surface area contributed by atoms with Gasteiger partial charge in [-0.3, -0.25) is 14.4 Å². The number of hydrogen-bond donors (Lipinski definition) is 1. The third-order valence-electron chi connectivity index (χ3n) is 3.77. The number of hydroxylamine groups is 2. The first kappa shape index (κ1) is 19.3. The molecular weight excluding hydrogens is 329 g/mol. The number of allylic oxidation sites excluding steroid dienone is 4. The molecule has 0 bridgehead atoms. The molecule has 2 radical (unpaired) electrons. The standard InChI is InChI=1S/C19H20BN3O3/c1-13(7-6-10-17(20)21)11-23-12-15(19(25)22(2)26-3)18(24)14-8-4-5-9-16(14)23/h4-10,12H,1,11,21H2,2-3H3/b7-6-,17-10-. The van der Waals surface area contributed by atoms with Crippen molar-refractivity contribution >= 4 is 24.7 Å². The van der Waals surface area contributed by atoms with E-state index in [1.165, 1.54) is 20.4 Å². The van der Waals surface area contributed by atoms with Crippen molar-refractivity contribution in [1.29, 1.82) is 0 Å². The lowest BCUT2D eigenvalue weighted by atomic mass is 10.1. The first-order chi connectivity index (χ1) is 12.3. The minimum absolute atomic E-state index is 0.0240. The Morgan fingerprint density at radius 2 is 2.12 bits per heavy atom. The van der Waals surface area contributed by atoms with Gasteiger partial charge in [-0.05, 0) is 23.3 Å². The first-order valence-electron chi connectivity index (χ1n) is 7.86. The molecule has 132 valence electrons. The molecule has 0 atom stereocenters. The van der Waals surface area contributed by atoms with E-state index in [1.54, 1.807) is 34.9 Å². The summed E-state index contributed by atoms with van der Waals surface area (Å²) in [4.78, 5) is 30.0. The van der Waals surface area contributed by atoms with Crippen LogP contribution in [-0.2, 0) is 11.4 Å². The lowest BCUT2D eigenvalue weighted by molar-refractivity contribution is -0.0758. The quantitative estimate of drug-likeness (QED) is 0.489.